The van der Waals surface area contributed by atoms with Gasteiger partial charge in [0.25, 0.3) is 0 Å². The topological polar surface area (TPSA) is 170 Å². The number of furan rings is 3. The highest BCUT2D eigenvalue weighted by molar-refractivity contribution is 6.17. The Morgan fingerprint density at radius 3 is 0.733 bits per heavy atom. The molecule has 0 aliphatic carbocycles. The van der Waals surface area contributed by atoms with Crippen molar-refractivity contribution in [3.63, 3.8) is 0 Å². The third kappa shape index (κ3) is 15.5. The zero-order valence-electron chi connectivity index (χ0n) is 80.6. The zero-order chi connectivity index (χ0) is 99.1. The van der Waals surface area contributed by atoms with Gasteiger partial charge in [-0.3, -0.25) is 4.57 Å². The van der Waals surface area contributed by atoms with Gasteiger partial charge in [-0.15, -0.1) is 0 Å². The summed E-state index contributed by atoms with van der Waals surface area (Å²) in [4.78, 5) is 45.7. The summed E-state index contributed by atoms with van der Waals surface area (Å²) in [5.74, 6) is 5.54. The number of nitrogens with zero attached hydrogens (tertiary/aromatic N) is 12. The van der Waals surface area contributed by atoms with E-state index in [-0.39, 0.29) is 0 Å². The SMILES string of the molecule is c1ccc(-c2cccc(-c3nc(-c4ccccc4)nc(-c4ccccc4-n4c5ccccc5c5ccc(-c6cccc7c6oc6ccccc67)cc54)n3)c2)cc1.c1ccc(-c2nc(-c3ccccc3)nc(-c3ccccc3-n3c4ccccc4c4ccc(-c5cccc6c5oc5ccccc56)cc43)n2)cc1.c1ccc(-c2nc(-c3ccccc3)nc(-n3c4ccccc4c4ccc(-c5cccc6c5oc5ccccc56)cc43)n2)cc1. The van der Waals surface area contributed by atoms with Crippen LogP contribution < -0.4 is 0 Å². The van der Waals surface area contributed by atoms with Crippen LogP contribution in [-0.2, 0) is 0 Å². The number of para-hydroxylation sites is 11. The smallest absolute Gasteiger partial charge is 0.238 e. The summed E-state index contributed by atoms with van der Waals surface area (Å²) in [7, 11) is 0. The molecule has 0 saturated carbocycles. The van der Waals surface area contributed by atoms with Crippen LogP contribution in [0, 0.1) is 0 Å². The molecule has 9 aromatic heterocycles. The Hall–Kier alpha value is -20.6. The summed E-state index contributed by atoms with van der Waals surface area (Å²) in [5.41, 5.74) is 29.8. The first-order valence-electron chi connectivity index (χ1n) is 50.1. The van der Waals surface area contributed by atoms with Crippen LogP contribution in [0.1, 0.15) is 0 Å². The second-order valence-corrected chi connectivity index (χ2v) is 37.3. The molecule has 0 atom stereocenters. The van der Waals surface area contributed by atoms with Crippen LogP contribution >= 0.6 is 0 Å². The van der Waals surface area contributed by atoms with E-state index in [1.807, 2.05) is 194 Å². The third-order valence-corrected chi connectivity index (χ3v) is 28.4. The molecule has 0 unspecified atom stereocenters. The molecule has 30 aromatic rings. The predicted molar refractivity (Wildman–Crippen MR) is 610 cm³/mol. The largest absolute Gasteiger partial charge is 0.455 e. The van der Waals surface area contributed by atoms with Gasteiger partial charge in [-0.1, -0.05) is 425 Å². The lowest BCUT2D eigenvalue weighted by atomic mass is 10.0. The maximum Gasteiger partial charge on any atom is 0.238 e. The first-order chi connectivity index (χ1) is 74.4. The molecule has 0 aliphatic rings. The van der Waals surface area contributed by atoms with Crippen LogP contribution in [0.4, 0.5) is 0 Å². The number of fused-ring (bicyclic) bond motifs is 18. The van der Waals surface area contributed by atoms with Gasteiger partial charge in [-0.05, 0) is 113 Å². The number of benzene rings is 21. The molecule has 0 spiro atoms. The third-order valence-electron chi connectivity index (χ3n) is 28.4. The van der Waals surface area contributed by atoms with Crippen molar-refractivity contribution >= 4 is 131 Å². The van der Waals surface area contributed by atoms with Gasteiger partial charge in [-0.25, -0.2) is 34.9 Å². The van der Waals surface area contributed by atoms with Crippen LogP contribution in [0.2, 0.25) is 0 Å². The Balaban J connectivity index is 0.000000109. The van der Waals surface area contributed by atoms with Crippen LogP contribution in [0.15, 0.2) is 523 Å². The lowest BCUT2D eigenvalue weighted by molar-refractivity contribution is 0.669. The molecule has 702 valence electrons. The van der Waals surface area contributed by atoms with Crippen molar-refractivity contribution in [2.45, 2.75) is 0 Å². The molecule has 15 heteroatoms. The van der Waals surface area contributed by atoms with Gasteiger partial charge in [-0.2, -0.15) is 9.97 Å². The molecule has 0 fully saturated rings. The van der Waals surface area contributed by atoms with Gasteiger partial charge in [0.2, 0.25) is 5.95 Å². The van der Waals surface area contributed by atoms with Gasteiger partial charge in [0.1, 0.15) is 33.5 Å². The summed E-state index contributed by atoms with van der Waals surface area (Å²) in [6.07, 6.45) is 0. The number of rotatable bonds is 15. The minimum absolute atomic E-state index is 0.572. The molecule has 21 aromatic carbocycles. The monoisotopic (exact) mass is 1920 g/mol. The fourth-order valence-electron chi connectivity index (χ4n) is 21.4. The maximum atomic E-state index is 6.50. The Morgan fingerprint density at radius 1 is 0.133 bits per heavy atom. The van der Waals surface area contributed by atoms with Crippen LogP contribution in [-0.4, -0.2) is 58.6 Å². The molecule has 0 bridgehead atoms. The van der Waals surface area contributed by atoms with Gasteiger partial charge in [0.05, 0.1) is 44.5 Å². The van der Waals surface area contributed by atoms with Gasteiger partial charge in [0.15, 0.2) is 46.6 Å². The average Bonchev–Trinajstić information content (AvgIpc) is 1.58. The molecule has 0 radical (unpaired) electrons. The van der Waals surface area contributed by atoms with E-state index in [2.05, 4.69) is 329 Å². The number of hydrogen-bond donors (Lipinski definition) is 0. The van der Waals surface area contributed by atoms with Crippen molar-refractivity contribution in [1.82, 2.24) is 58.6 Å². The molecule has 0 N–H and O–H groups in total. The molecule has 0 aliphatic heterocycles. The number of hydrogen-bond acceptors (Lipinski definition) is 12. The van der Waals surface area contributed by atoms with Crippen molar-refractivity contribution < 1.29 is 13.3 Å². The summed E-state index contributed by atoms with van der Waals surface area (Å²) in [6.45, 7) is 0. The van der Waals surface area contributed by atoms with Crippen molar-refractivity contribution in [3.8, 4) is 153 Å². The van der Waals surface area contributed by atoms with Crippen molar-refractivity contribution in [3.05, 3.63) is 510 Å². The van der Waals surface area contributed by atoms with E-state index in [0.717, 1.165) is 215 Å². The molecular formula is C135H84N12O3. The fraction of sp³-hybridized carbons (Fsp3) is 0. The normalized spacial score (nSPS) is 11.6. The highest BCUT2D eigenvalue weighted by Crippen LogP contribution is 2.47. The predicted octanol–water partition coefficient (Wildman–Crippen LogP) is 34.6. The first kappa shape index (κ1) is 87.3. The Kier molecular flexibility index (Phi) is 21.5. The Bertz CT molecular complexity index is 10400. The van der Waals surface area contributed by atoms with Gasteiger partial charge >= 0.3 is 0 Å². The van der Waals surface area contributed by atoms with E-state index in [0.29, 0.717) is 52.5 Å². The second-order valence-electron chi connectivity index (χ2n) is 37.3. The quantitative estimate of drug-likeness (QED) is 0.0953. The van der Waals surface area contributed by atoms with Crippen LogP contribution in [0.3, 0.4) is 0 Å². The molecule has 9 heterocycles. The highest BCUT2D eigenvalue weighted by Gasteiger charge is 2.28. The van der Waals surface area contributed by atoms with Crippen molar-refractivity contribution in [2.24, 2.45) is 0 Å². The van der Waals surface area contributed by atoms with Crippen molar-refractivity contribution in [2.75, 3.05) is 0 Å². The molecule has 15 nitrogen and oxygen atoms in total. The second kappa shape index (κ2) is 37.0. The van der Waals surface area contributed by atoms with Crippen molar-refractivity contribution in [1.29, 1.82) is 0 Å². The Labute approximate surface area is 859 Å². The molecular weight excluding hydrogens is 1840 g/mol. The summed E-state index contributed by atoms with van der Waals surface area (Å²) >= 11 is 0. The molecule has 0 amide bonds. The number of aromatic nitrogens is 12. The van der Waals surface area contributed by atoms with Crippen LogP contribution in [0.5, 0.6) is 0 Å². The summed E-state index contributed by atoms with van der Waals surface area (Å²) in [6, 6.07) is 176. The van der Waals surface area contributed by atoms with E-state index in [1.54, 1.807) is 0 Å². The molecule has 0 saturated heterocycles. The standard InChI is InChI=1S/C51H32N4O.C45H28N4O.C39H24N4O/c1-3-15-33(16-4-1)35-19-13-20-37(31-35)50-52-49(34-17-5-2-6-18-34)53-51(54-50)43-23-8-11-27-45(43)55-44-26-10-7-21-39(44)40-30-29-36(32-46(40)55)38-24-14-25-42-41-22-9-12-28-47(41)56-48(38)42;1-3-14-29(15-4-1)43-46-44(30-16-5-2-6-17-30)48-45(47-43)37-20-8-11-24-39(37)49-38-23-10-7-18-33(38)34-27-26-31(28-40(34)49)32-21-13-22-36-35-19-9-12-25-41(35)50-42(32)36;1-3-12-25(13-4-1)37-40-38(26-14-5-2-6-15-26)42-39(41-37)43-33-20-9-7-16-29(33)30-23-22-27(24-34(30)43)28-18-11-19-32-31-17-8-10-21-35(31)44-36(28)32/h1-32H;1-28H;1-24H. The minimum Gasteiger partial charge on any atom is -0.455 e. The van der Waals surface area contributed by atoms with E-state index < -0.39 is 0 Å². The summed E-state index contributed by atoms with van der Waals surface area (Å²) in [5, 5.41) is 13.6. The summed E-state index contributed by atoms with van der Waals surface area (Å²) < 4.78 is 26.2. The van der Waals surface area contributed by atoms with E-state index in [1.165, 1.54) is 16.2 Å². The van der Waals surface area contributed by atoms with Gasteiger partial charge in [0, 0.05) is 126 Å². The Morgan fingerprint density at radius 2 is 0.373 bits per heavy atom. The van der Waals surface area contributed by atoms with E-state index in [4.69, 9.17) is 58.1 Å². The lowest BCUT2D eigenvalue weighted by Crippen LogP contribution is -2.06. The average molecular weight is 1920 g/mol. The zero-order valence-corrected chi connectivity index (χ0v) is 80.6. The van der Waals surface area contributed by atoms with E-state index >= 15 is 0 Å². The lowest BCUT2D eigenvalue weighted by Gasteiger charge is -2.15. The molecule has 150 heavy (non-hydrogen) atoms. The van der Waals surface area contributed by atoms with Gasteiger partial charge < -0.3 is 22.4 Å². The fourth-order valence-corrected chi connectivity index (χ4v) is 21.4. The van der Waals surface area contributed by atoms with E-state index in [9.17, 15) is 0 Å². The maximum absolute atomic E-state index is 6.50. The highest BCUT2D eigenvalue weighted by atomic mass is 16.3. The first-order valence-corrected chi connectivity index (χ1v) is 50.1. The molecule has 30 rings (SSSR count). The minimum atomic E-state index is 0.572. The van der Waals surface area contributed by atoms with Crippen LogP contribution in [0.25, 0.3) is 284 Å².